The average Bonchev–Trinajstić information content (AvgIpc) is 2.58. The van der Waals surface area contributed by atoms with Gasteiger partial charge in [0.1, 0.15) is 0 Å². The zero-order valence-corrected chi connectivity index (χ0v) is 15.1. The largest absolute Gasteiger partial charge is 0.416 e. The Morgan fingerprint density at radius 2 is 1.77 bits per heavy atom. The number of piperidine rings is 1. The van der Waals surface area contributed by atoms with Crippen LogP contribution in [-0.2, 0) is 12.7 Å². The first-order valence-electron chi connectivity index (χ1n) is 9.32. The SMILES string of the molecule is CN=C(NC1CCC1)NC1CCN(Cc2cccc(C(F)(F)F)c2)CC1. The second-order valence-electron chi connectivity index (χ2n) is 7.24. The van der Waals surface area contributed by atoms with Gasteiger partial charge in [-0.25, -0.2) is 0 Å². The Morgan fingerprint density at radius 1 is 1.12 bits per heavy atom. The monoisotopic (exact) mass is 368 g/mol. The molecular formula is C19H27F3N4. The first kappa shape index (κ1) is 19.0. The van der Waals surface area contributed by atoms with Crippen molar-refractivity contribution in [3.05, 3.63) is 35.4 Å². The van der Waals surface area contributed by atoms with Gasteiger partial charge in [-0.05, 0) is 43.7 Å². The van der Waals surface area contributed by atoms with E-state index >= 15 is 0 Å². The lowest BCUT2D eigenvalue weighted by Crippen LogP contribution is -2.52. The van der Waals surface area contributed by atoms with Gasteiger partial charge in [-0.3, -0.25) is 9.89 Å². The first-order valence-corrected chi connectivity index (χ1v) is 9.32. The summed E-state index contributed by atoms with van der Waals surface area (Å²) in [5.41, 5.74) is 0.145. The molecule has 2 aliphatic rings. The molecule has 1 heterocycles. The predicted octanol–water partition coefficient (Wildman–Crippen LogP) is 3.39. The molecule has 1 aromatic rings. The van der Waals surface area contributed by atoms with Crippen LogP contribution in [0.5, 0.6) is 0 Å². The number of nitrogens with one attached hydrogen (secondary N) is 2. The molecule has 1 aliphatic heterocycles. The number of alkyl halides is 3. The Bertz CT molecular complexity index is 617. The van der Waals surface area contributed by atoms with Crippen molar-refractivity contribution in [2.45, 2.75) is 56.9 Å². The highest BCUT2D eigenvalue weighted by atomic mass is 19.4. The van der Waals surface area contributed by atoms with Crippen LogP contribution in [0.1, 0.15) is 43.2 Å². The van der Waals surface area contributed by atoms with Crippen molar-refractivity contribution in [1.29, 1.82) is 0 Å². The molecule has 4 nitrogen and oxygen atoms in total. The van der Waals surface area contributed by atoms with Crippen molar-refractivity contribution in [3.63, 3.8) is 0 Å². The summed E-state index contributed by atoms with van der Waals surface area (Å²) in [6.07, 6.45) is 1.33. The van der Waals surface area contributed by atoms with E-state index in [1.807, 2.05) is 0 Å². The molecule has 2 N–H and O–H groups in total. The number of nitrogens with zero attached hydrogens (tertiary/aromatic N) is 2. The van der Waals surface area contributed by atoms with Gasteiger partial charge < -0.3 is 10.6 Å². The lowest BCUT2D eigenvalue weighted by Gasteiger charge is -2.34. The Hall–Kier alpha value is -1.76. The van der Waals surface area contributed by atoms with E-state index in [-0.39, 0.29) is 0 Å². The Morgan fingerprint density at radius 3 is 2.31 bits per heavy atom. The molecule has 26 heavy (non-hydrogen) atoms. The quantitative estimate of drug-likeness (QED) is 0.632. The zero-order valence-electron chi connectivity index (χ0n) is 15.1. The zero-order chi connectivity index (χ0) is 18.6. The molecule has 2 fully saturated rings. The molecule has 3 rings (SSSR count). The number of aliphatic imine (C=N–C) groups is 1. The van der Waals surface area contributed by atoms with Crippen LogP contribution in [0.4, 0.5) is 13.2 Å². The highest BCUT2D eigenvalue weighted by Gasteiger charge is 2.30. The van der Waals surface area contributed by atoms with Gasteiger partial charge in [0.2, 0.25) is 0 Å². The third kappa shape index (κ3) is 5.13. The maximum Gasteiger partial charge on any atom is 0.416 e. The minimum atomic E-state index is -4.28. The topological polar surface area (TPSA) is 39.7 Å². The molecule has 0 radical (unpaired) electrons. The van der Waals surface area contributed by atoms with Crippen LogP contribution >= 0.6 is 0 Å². The minimum Gasteiger partial charge on any atom is -0.354 e. The lowest BCUT2D eigenvalue weighted by atomic mass is 9.93. The van der Waals surface area contributed by atoms with Gasteiger partial charge in [-0.2, -0.15) is 13.2 Å². The molecule has 0 bridgehead atoms. The Balaban J connectivity index is 1.46. The van der Waals surface area contributed by atoms with Crippen molar-refractivity contribution in [2.75, 3.05) is 20.1 Å². The van der Waals surface area contributed by atoms with Gasteiger partial charge in [-0.15, -0.1) is 0 Å². The molecule has 1 aliphatic carbocycles. The fourth-order valence-electron chi connectivity index (χ4n) is 3.45. The van der Waals surface area contributed by atoms with E-state index in [1.165, 1.54) is 31.4 Å². The van der Waals surface area contributed by atoms with E-state index in [9.17, 15) is 13.2 Å². The van der Waals surface area contributed by atoms with Gasteiger partial charge in [0, 0.05) is 38.8 Å². The highest BCUT2D eigenvalue weighted by molar-refractivity contribution is 5.80. The normalized spacial score (nSPS) is 20.7. The fraction of sp³-hybridized carbons (Fsp3) is 0.632. The fourth-order valence-corrected chi connectivity index (χ4v) is 3.45. The summed E-state index contributed by atoms with van der Waals surface area (Å²) in [5, 5.41) is 6.92. The average molecular weight is 368 g/mol. The Labute approximate surface area is 152 Å². The van der Waals surface area contributed by atoms with E-state index < -0.39 is 11.7 Å². The van der Waals surface area contributed by atoms with Gasteiger partial charge in [0.05, 0.1) is 5.56 Å². The molecule has 0 amide bonds. The molecule has 1 saturated carbocycles. The standard InChI is InChI=1S/C19H27F3N4/c1-23-18(24-16-6-3-7-16)25-17-8-10-26(11-9-17)13-14-4-2-5-15(12-14)19(20,21)22/h2,4-5,12,16-17H,3,6-11,13H2,1H3,(H2,23,24,25). The summed E-state index contributed by atoms with van der Waals surface area (Å²) in [6, 6.07) is 6.54. The maximum atomic E-state index is 12.8. The summed E-state index contributed by atoms with van der Waals surface area (Å²) in [6.45, 7) is 2.30. The highest BCUT2D eigenvalue weighted by Crippen LogP contribution is 2.30. The van der Waals surface area contributed by atoms with E-state index in [1.54, 1.807) is 13.1 Å². The molecule has 0 spiro atoms. The van der Waals surface area contributed by atoms with Crippen LogP contribution in [0.25, 0.3) is 0 Å². The van der Waals surface area contributed by atoms with Gasteiger partial charge in [-0.1, -0.05) is 18.2 Å². The summed E-state index contributed by atoms with van der Waals surface area (Å²) in [7, 11) is 1.79. The summed E-state index contributed by atoms with van der Waals surface area (Å²) in [5.74, 6) is 0.867. The van der Waals surface area contributed by atoms with Crippen LogP contribution in [0, 0.1) is 0 Å². The number of halogens is 3. The summed E-state index contributed by atoms with van der Waals surface area (Å²) < 4.78 is 38.5. The Kier molecular flexibility index (Phi) is 6.06. The molecule has 0 unspecified atom stereocenters. The molecule has 144 valence electrons. The number of benzene rings is 1. The van der Waals surface area contributed by atoms with E-state index in [0.717, 1.165) is 38.0 Å². The summed E-state index contributed by atoms with van der Waals surface area (Å²) >= 11 is 0. The molecule has 0 aromatic heterocycles. The van der Waals surface area contributed by atoms with Crippen LogP contribution in [0.2, 0.25) is 0 Å². The van der Waals surface area contributed by atoms with Crippen molar-refractivity contribution in [3.8, 4) is 0 Å². The van der Waals surface area contributed by atoms with Crippen molar-refractivity contribution >= 4 is 5.96 Å². The van der Waals surface area contributed by atoms with Crippen LogP contribution in [-0.4, -0.2) is 43.1 Å². The van der Waals surface area contributed by atoms with Gasteiger partial charge in [0.25, 0.3) is 0 Å². The third-order valence-electron chi connectivity index (χ3n) is 5.26. The number of hydrogen-bond acceptors (Lipinski definition) is 2. The number of hydrogen-bond donors (Lipinski definition) is 2. The first-order chi connectivity index (χ1) is 12.4. The maximum absolute atomic E-state index is 12.8. The van der Waals surface area contributed by atoms with Crippen molar-refractivity contribution in [1.82, 2.24) is 15.5 Å². The second kappa shape index (κ2) is 8.29. The molecule has 1 saturated heterocycles. The summed E-state index contributed by atoms with van der Waals surface area (Å²) in [4.78, 5) is 6.52. The van der Waals surface area contributed by atoms with Crippen LogP contribution in [0.3, 0.4) is 0 Å². The van der Waals surface area contributed by atoms with E-state index in [0.29, 0.717) is 24.2 Å². The lowest BCUT2D eigenvalue weighted by molar-refractivity contribution is -0.137. The predicted molar refractivity (Wildman–Crippen MR) is 97.0 cm³/mol. The van der Waals surface area contributed by atoms with Crippen molar-refractivity contribution in [2.24, 2.45) is 4.99 Å². The minimum absolute atomic E-state index is 0.360. The number of guanidine groups is 1. The number of likely N-dealkylation sites (tertiary alicyclic amines) is 1. The van der Waals surface area contributed by atoms with Crippen LogP contribution in [0.15, 0.2) is 29.3 Å². The van der Waals surface area contributed by atoms with Gasteiger partial charge >= 0.3 is 6.18 Å². The number of rotatable bonds is 4. The van der Waals surface area contributed by atoms with Crippen molar-refractivity contribution < 1.29 is 13.2 Å². The van der Waals surface area contributed by atoms with Gasteiger partial charge in [0.15, 0.2) is 5.96 Å². The van der Waals surface area contributed by atoms with E-state index in [2.05, 4.69) is 20.5 Å². The molecule has 0 atom stereocenters. The van der Waals surface area contributed by atoms with E-state index in [4.69, 9.17) is 0 Å². The second-order valence-corrected chi connectivity index (χ2v) is 7.24. The van der Waals surface area contributed by atoms with Crippen LogP contribution < -0.4 is 10.6 Å². The smallest absolute Gasteiger partial charge is 0.354 e. The molecule has 7 heteroatoms. The molecular weight excluding hydrogens is 341 g/mol. The third-order valence-corrected chi connectivity index (χ3v) is 5.26. The molecule has 1 aromatic carbocycles.